The molecule has 9 heteroatoms. The van der Waals surface area contributed by atoms with Gasteiger partial charge >= 0.3 is 0 Å². The van der Waals surface area contributed by atoms with Crippen LogP contribution in [0.4, 0.5) is 0 Å². The summed E-state index contributed by atoms with van der Waals surface area (Å²) < 4.78 is 8.00. The Bertz CT molecular complexity index is 764. The molecule has 0 radical (unpaired) electrons. The Balaban J connectivity index is 0.00000280. The fourth-order valence-electron chi connectivity index (χ4n) is 3.16. The van der Waals surface area contributed by atoms with Gasteiger partial charge in [-0.15, -0.1) is 34.2 Å². The van der Waals surface area contributed by atoms with Crippen LogP contribution < -0.4 is 10.1 Å². The fourth-order valence-corrected chi connectivity index (χ4v) is 3.28. The SMILES string of the molecule is CN=C(NCc1nnc2n1CCCCC2)N(C)CCOc1ccc(Cl)cc1.I. The number of likely N-dealkylation sites (N-methyl/N-ethyl adjacent to an activating group) is 1. The molecule has 28 heavy (non-hydrogen) atoms. The van der Waals surface area contributed by atoms with E-state index in [9.17, 15) is 0 Å². The van der Waals surface area contributed by atoms with Crippen LogP contribution in [0.15, 0.2) is 29.3 Å². The first-order valence-corrected chi connectivity index (χ1v) is 9.76. The van der Waals surface area contributed by atoms with Gasteiger partial charge in [-0.25, -0.2) is 0 Å². The van der Waals surface area contributed by atoms with E-state index >= 15 is 0 Å². The number of hydrogen-bond acceptors (Lipinski definition) is 4. The summed E-state index contributed by atoms with van der Waals surface area (Å²) in [7, 11) is 3.77. The van der Waals surface area contributed by atoms with Crippen LogP contribution in [0.3, 0.4) is 0 Å². The predicted molar refractivity (Wildman–Crippen MR) is 123 cm³/mol. The van der Waals surface area contributed by atoms with Crippen molar-refractivity contribution in [3.63, 3.8) is 0 Å². The molecule has 1 aliphatic rings. The maximum atomic E-state index is 5.89. The molecular weight excluding hydrogens is 491 g/mol. The topological polar surface area (TPSA) is 67.6 Å². The summed E-state index contributed by atoms with van der Waals surface area (Å²) in [6.45, 7) is 2.88. The first kappa shape index (κ1) is 22.7. The van der Waals surface area contributed by atoms with Crippen LogP contribution in [-0.2, 0) is 19.5 Å². The van der Waals surface area contributed by atoms with Gasteiger partial charge in [-0.05, 0) is 37.1 Å². The van der Waals surface area contributed by atoms with E-state index in [1.165, 1.54) is 19.3 Å². The average Bonchev–Trinajstić information content (AvgIpc) is 2.90. The van der Waals surface area contributed by atoms with Crippen LogP contribution in [0.2, 0.25) is 5.02 Å². The molecule has 1 aliphatic heterocycles. The summed E-state index contributed by atoms with van der Waals surface area (Å²) in [6.07, 6.45) is 4.66. The van der Waals surface area contributed by atoms with Crippen molar-refractivity contribution in [2.24, 2.45) is 4.99 Å². The molecule has 0 amide bonds. The molecule has 1 aromatic carbocycles. The molecule has 3 rings (SSSR count). The minimum Gasteiger partial charge on any atom is -0.492 e. The molecule has 0 atom stereocenters. The fraction of sp³-hybridized carbons (Fsp3) is 0.526. The number of halogens is 2. The van der Waals surface area contributed by atoms with Gasteiger partial charge in [-0.3, -0.25) is 4.99 Å². The minimum atomic E-state index is 0. The maximum Gasteiger partial charge on any atom is 0.193 e. The minimum absolute atomic E-state index is 0. The first-order valence-electron chi connectivity index (χ1n) is 9.38. The van der Waals surface area contributed by atoms with E-state index in [1.54, 1.807) is 7.05 Å². The highest BCUT2D eigenvalue weighted by molar-refractivity contribution is 14.0. The second-order valence-electron chi connectivity index (χ2n) is 6.62. The van der Waals surface area contributed by atoms with Gasteiger partial charge in [-0.1, -0.05) is 18.0 Å². The van der Waals surface area contributed by atoms with E-state index in [0.717, 1.165) is 36.3 Å². The van der Waals surface area contributed by atoms with E-state index in [2.05, 4.69) is 25.1 Å². The molecule has 1 N–H and O–H groups in total. The highest BCUT2D eigenvalue weighted by atomic mass is 127. The van der Waals surface area contributed by atoms with Gasteiger partial charge in [0.1, 0.15) is 18.2 Å². The summed E-state index contributed by atoms with van der Waals surface area (Å²) in [5, 5.41) is 12.8. The highest BCUT2D eigenvalue weighted by Crippen LogP contribution is 2.16. The third-order valence-electron chi connectivity index (χ3n) is 4.67. The van der Waals surface area contributed by atoms with Crippen molar-refractivity contribution in [3.05, 3.63) is 40.9 Å². The lowest BCUT2D eigenvalue weighted by molar-refractivity contribution is 0.281. The number of aryl methyl sites for hydroxylation is 1. The summed E-state index contributed by atoms with van der Waals surface area (Å²) >= 11 is 5.89. The molecule has 0 unspecified atom stereocenters. The van der Waals surface area contributed by atoms with Gasteiger partial charge in [0.05, 0.1) is 13.1 Å². The molecule has 2 heterocycles. The molecule has 154 valence electrons. The molecular formula is C19H28ClIN6O. The Kier molecular flexibility index (Phi) is 9.30. The first-order chi connectivity index (χ1) is 13.2. The van der Waals surface area contributed by atoms with Crippen LogP contribution in [0.5, 0.6) is 5.75 Å². The lowest BCUT2D eigenvalue weighted by atomic mass is 10.2. The van der Waals surface area contributed by atoms with Crippen molar-refractivity contribution in [1.29, 1.82) is 0 Å². The standard InChI is InChI=1S/C19H27ClN6O.HI/c1-21-19(25(2)12-13-27-16-9-7-15(20)8-10-16)22-14-18-24-23-17-6-4-3-5-11-26(17)18;/h7-10H,3-6,11-14H2,1-2H3,(H,21,22);1H. The number of aliphatic imine (C=N–C) groups is 1. The second-order valence-corrected chi connectivity index (χ2v) is 7.06. The summed E-state index contributed by atoms with van der Waals surface area (Å²) in [6, 6.07) is 7.38. The monoisotopic (exact) mass is 518 g/mol. The Morgan fingerprint density at radius 2 is 2.04 bits per heavy atom. The zero-order chi connectivity index (χ0) is 19.1. The summed E-state index contributed by atoms with van der Waals surface area (Å²) in [5.74, 6) is 3.69. The number of hydrogen-bond donors (Lipinski definition) is 1. The molecule has 0 fully saturated rings. The van der Waals surface area contributed by atoms with Crippen molar-refractivity contribution < 1.29 is 4.74 Å². The highest BCUT2D eigenvalue weighted by Gasteiger charge is 2.15. The van der Waals surface area contributed by atoms with Crippen molar-refractivity contribution in [2.45, 2.75) is 38.8 Å². The second kappa shape index (κ2) is 11.5. The number of benzene rings is 1. The van der Waals surface area contributed by atoms with E-state index in [0.29, 0.717) is 24.7 Å². The Morgan fingerprint density at radius 3 is 2.79 bits per heavy atom. The quantitative estimate of drug-likeness (QED) is 0.361. The molecule has 0 saturated carbocycles. The van der Waals surface area contributed by atoms with Gasteiger partial charge in [0.2, 0.25) is 0 Å². The lowest BCUT2D eigenvalue weighted by Gasteiger charge is -2.22. The molecule has 0 saturated heterocycles. The van der Waals surface area contributed by atoms with Crippen molar-refractivity contribution in [2.75, 3.05) is 27.2 Å². The van der Waals surface area contributed by atoms with Crippen LogP contribution in [0.1, 0.15) is 30.9 Å². The van der Waals surface area contributed by atoms with Gasteiger partial charge in [0, 0.05) is 32.1 Å². The number of aromatic nitrogens is 3. The third-order valence-corrected chi connectivity index (χ3v) is 4.93. The van der Waals surface area contributed by atoms with Crippen molar-refractivity contribution in [3.8, 4) is 5.75 Å². The molecule has 0 spiro atoms. The number of nitrogens with one attached hydrogen (secondary N) is 1. The van der Waals surface area contributed by atoms with Gasteiger partial charge < -0.3 is 19.5 Å². The van der Waals surface area contributed by atoms with E-state index in [4.69, 9.17) is 16.3 Å². The molecule has 2 aromatic rings. The number of rotatable bonds is 6. The van der Waals surface area contributed by atoms with E-state index < -0.39 is 0 Å². The third kappa shape index (κ3) is 6.23. The number of nitrogens with zero attached hydrogens (tertiary/aromatic N) is 5. The van der Waals surface area contributed by atoms with E-state index in [-0.39, 0.29) is 24.0 Å². The smallest absolute Gasteiger partial charge is 0.193 e. The normalized spacial score (nSPS) is 13.9. The van der Waals surface area contributed by atoms with Gasteiger partial charge in [0.25, 0.3) is 0 Å². The van der Waals surface area contributed by atoms with Crippen molar-refractivity contribution >= 4 is 41.5 Å². The largest absolute Gasteiger partial charge is 0.492 e. The molecule has 7 nitrogen and oxygen atoms in total. The zero-order valence-electron chi connectivity index (χ0n) is 16.4. The van der Waals surface area contributed by atoms with Crippen molar-refractivity contribution in [1.82, 2.24) is 25.0 Å². The zero-order valence-corrected chi connectivity index (χ0v) is 19.5. The lowest BCUT2D eigenvalue weighted by Crippen LogP contribution is -2.40. The Morgan fingerprint density at radius 1 is 1.25 bits per heavy atom. The Hall–Kier alpha value is -1.55. The van der Waals surface area contributed by atoms with E-state index in [1.807, 2.05) is 36.2 Å². The van der Waals surface area contributed by atoms with Gasteiger partial charge in [0.15, 0.2) is 11.8 Å². The van der Waals surface area contributed by atoms with Crippen LogP contribution in [-0.4, -0.2) is 52.9 Å². The van der Waals surface area contributed by atoms with Crippen LogP contribution in [0, 0.1) is 0 Å². The summed E-state index contributed by atoms with van der Waals surface area (Å²) in [4.78, 5) is 6.39. The summed E-state index contributed by atoms with van der Waals surface area (Å²) in [5.41, 5.74) is 0. The number of guanidine groups is 1. The Labute approximate surface area is 188 Å². The van der Waals surface area contributed by atoms with Gasteiger partial charge in [-0.2, -0.15) is 0 Å². The van der Waals surface area contributed by atoms with Crippen LogP contribution >= 0.6 is 35.6 Å². The molecule has 0 aliphatic carbocycles. The predicted octanol–water partition coefficient (Wildman–Crippen LogP) is 3.36. The molecule has 0 bridgehead atoms. The number of fused-ring (bicyclic) bond motifs is 1. The molecule has 1 aromatic heterocycles. The number of ether oxygens (including phenoxy) is 1. The van der Waals surface area contributed by atoms with Crippen LogP contribution in [0.25, 0.3) is 0 Å². The average molecular weight is 519 g/mol. The maximum absolute atomic E-state index is 5.89.